The number of carbonyl (C=O) groups excluding carboxylic acids is 2. The van der Waals surface area contributed by atoms with Crippen molar-refractivity contribution in [2.75, 3.05) is 13.1 Å². The van der Waals surface area contributed by atoms with Crippen molar-refractivity contribution < 1.29 is 14.0 Å². The second-order valence-corrected chi connectivity index (χ2v) is 8.63. The zero-order valence-corrected chi connectivity index (χ0v) is 15.4. The molecule has 0 radical (unpaired) electrons. The van der Waals surface area contributed by atoms with Crippen LogP contribution in [0.3, 0.4) is 0 Å². The Morgan fingerprint density at radius 2 is 2.00 bits per heavy atom. The first kappa shape index (κ1) is 18.2. The van der Waals surface area contributed by atoms with Crippen LogP contribution in [0.1, 0.15) is 45.4 Å². The highest BCUT2D eigenvalue weighted by molar-refractivity contribution is 8.00. The molecule has 0 saturated carbocycles. The van der Waals surface area contributed by atoms with E-state index in [0.29, 0.717) is 24.5 Å². The largest absolute Gasteiger partial charge is 0.351 e. The minimum atomic E-state index is -0.219. The van der Waals surface area contributed by atoms with Gasteiger partial charge >= 0.3 is 0 Å². The average molecular weight is 364 g/mol. The highest BCUT2D eigenvalue weighted by atomic mass is 32.2. The van der Waals surface area contributed by atoms with Gasteiger partial charge in [0.05, 0.1) is 0 Å². The summed E-state index contributed by atoms with van der Waals surface area (Å²) in [7, 11) is 0. The lowest BCUT2D eigenvalue weighted by Crippen LogP contribution is -2.42. The van der Waals surface area contributed by atoms with Crippen LogP contribution in [-0.4, -0.2) is 40.6 Å². The maximum atomic E-state index is 13.0. The standard InChI is InChI=1S/C19H25FN2O2S/c1-19(10-6-17(23)21-19)11-7-18(24)22-12-8-16(9-13-22)25-15-4-2-14(20)3-5-15/h2-5,16H,6-13H2,1H3,(H,21,23)/t19-/m0/s1. The third kappa shape index (κ3) is 4.97. The molecule has 4 nitrogen and oxygen atoms in total. The van der Waals surface area contributed by atoms with Crippen molar-refractivity contribution in [2.24, 2.45) is 0 Å². The summed E-state index contributed by atoms with van der Waals surface area (Å²) < 4.78 is 13.0. The maximum absolute atomic E-state index is 13.0. The third-order valence-corrected chi connectivity index (χ3v) is 6.50. The molecular formula is C19H25FN2O2S. The van der Waals surface area contributed by atoms with Gasteiger partial charge in [-0.15, -0.1) is 11.8 Å². The van der Waals surface area contributed by atoms with Crippen molar-refractivity contribution in [3.05, 3.63) is 30.1 Å². The summed E-state index contributed by atoms with van der Waals surface area (Å²) in [5.41, 5.74) is -0.219. The number of likely N-dealkylation sites (tertiary alicyclic amines) is 1. The van der Waals surface area contributed by atoms with E-state index in [4.69, 9.17) is 0 Å². The number of rotatable bonds is 5. The Morgan fingerprint density at radius 3 is 2.60 bits per heavy atom. The molecule has 1 aromatic carbocycles. The van der Waals surface area contributed by atoms with Gasteiger partial charge in [0.1, 0.15) is 5.82 Å². The topological polar surface area (TPSA) is 49.4 Å². The number of nitrogens with one attached hydrogen (secondary N) is 1. The van der Waals surface area contributed by atoms with Gasteiger partial charge in [0, 0.05) is 41.6 Å². The minimum absolute atomic E-state index is 0.0913. The fourth-order valence-electron chi connectivity index (χ4n) is 3.51. The summed E-state index contributed by atoms with van der Waals surface area (Å²) in [6.07, 6.45) is 4.50. The van der Waals surface area contributed by atoms with E-state index >= 15 is 0 Å². The molecule has 0 aromatic heterocycles. The van der Waals surface area contributed by atoms with Crippen LogP contribution in [0.5, 0.6) is 0 Å². The maximum Gasteiger partial charge on any atom is 0.222 e. The van der Waals surface area contributed by atoms with Gasteiger partial charge in [-0.05, 0) is 56.9 Å². The first-order valence-corrected chi connectivity index (χ1v) is 9.82. The Bertz CT molecular complexity index is 629. The molecule has 25 heavy (non-hydrogen) atoms. The van der Waals surface area contributed by atoms with Gasteiger partial charge in [-0.25, -0.2) is 4.39 Å². The monoisotopic (exact) mass is 364 g/mol. The molecule has 6 heteroatoms. The first-order valence-electron chi connectivity index (χ1n) is 8.95. The minimum Gasteiger partial charge on any atom is -0.351 e. The SMILES string of the molecule is C[C@@]1(CCC(=O)N2CCC(Sc3ccc(F)cc3)CC2)CCC(=O)N1. The number of benzene rings is 1. The summed E-state index contributed by atoms with van der Waals surface area (Å²) in [6, 6.07) is 6.61. The fraction of sp³-hybridized carbons (Fsp3) is 0.579. The van der Waals surface area contributed by atoms with E-state index in [9.17, 15) is 14.0 Å². The molecule has 1 N–H and O–H groups in total. The van der Waals surface area contributed by atoms with Crippen LogP contribution in [0.25, 0.3) is 0 Å². The van der Waals surface area contributed by atoms with Crippen LogP contribution in [0, 0.1) is 5.82 Å². The molecule has 0 aliphatic carbocycles. The van der Waals surface area contributed by atoms with Gasteiger partial charge in [0.15, 0.2) is 0 Å². The molecule has 2 heterocycles. The van der Waals surface area contributed by atoms with Gasteiger partial charge in [0.2, 0.25) is 11.8 Å². The number of carbonyl (C=O) groups is 2. The first-order chi connectivity index (χ1) is 11.9. The highest BCUT2D eigenvalue weighted by Crippen LogP contribution is 2.31. The van der Waals surface area contributed by atoms with Crippen molar-refractivity contribution in [1.29, 1.82) is 0 Å². The van der Waals surface area contributed by atoms with E-state index in [1.54, 1.807) is 11.8 Å². The molecule has 0 unspecified atom stereocenters. The lowest BCUT2D eigenvalue weighted by molar-refractivity contribution is -0.132. The second-order valence-electron chi connectivity index (χ2n) is 7.26. The third-order valence-electron chi connectivity index (χ3n) is 5.15. The quantitative estimate of drug-likeness (QED) is 0.872. The molecule has 2 saturated heterocycles. The molecule has 3 rings (SSSR count). The number of amides is 2. The van der Waals surface area contributed by atoms with E-state index in [-0.39, 0.29) is 23.2 Å². The highest BCUT2D eigenvalue weighted by Gasteiger charge is 2.34. The van der Waals surface area contributed by atoms with Crippen molar-refractivity contribution >= 4 is 23.6 Å². The molecule has 1 atom stereocenters. The van der Waals surface area contributed by atoms with E-state index in [1.165, 1.54) is 12.1 Å². The lowest BCUT2D eigenvalue weighted by atomic mass is 9.93. The van der Waals surface area contributed by atoms with Crippen LogP contribution in [0.15, 0.2) is 29.2 Å². The van der Waals surface area contributed by atoms with E-state index in [0.717, 1.165) is 37.2 Å². The van der Waals surface area contributed by atoms with Gasteiger partial charge in [-0.2, -0.15) is 0 Å². The molecule has 2 aliphatic heterocycles. The van der Waals surface area contributed by atoms with Crippen LogP contribution in [0.4, 0.5) is 4.39 Å². The zero-order chi connectivity index (χ0) is 17.9. The van der Waals surface area contributed by atoms with Crippen LogP contribution in [0.2, 0.25) is 0 Å². The van der Waals surface area contributed by atoms with E-state index in [1.807, 2.05) is 24.0 Å². The number of nitrogens with zero attached hydrogens (tertiary/aromatic N) is 1. The van der Waals surface area contributed by atoms with Gasteiger partial charge in [-0.3, -0.25) is 9.59 Å². The van der Waals surface area contributed by atoms with Crippen molar-refractivity contribution in [3.8, 4) is 0 Å². The summed E-state index contributed by atoms with van der Waals surface area (Å²) in [5.74, 6) is 0.0677. The average Bonchev–Trinajstić information content (AvgIpc) is 2.95. The fourth-order valence-corrected chi connectivity index (χ4v) is 4.63. The number of hydrogen-bond donors (Lipinski definition) is 1. The number of hydrogen-bond acceptors (Lipinski definition) is 3. The van der Waals surface area contributed by atoms with Crippen LogP contribution >= 0.6 is 11.8 Å². The Kier molecular flexibility index (Phi) is 5.67. The van der Waals surface area contributed by atoms with Crippen LogP contribution < -0.4 is 5.32 Å². The van der Waals surface area contributed by atoms with Gasteiger partial charge in [-0.1, -0.05) is 0 Å². The van der Waals surface area contributed by atoms with Gasteiger partial charge < -0.3 is 10.2 Å². The molecule has 136 valence electrons. The van der Waals surface area contributed by atoms with E-state index < -0.39 is 0 Å². The molecule has 1 aromatic rings. The molecule has 2 fully saturated rings. The Labute approximate surface area is 152 Å². The zero-order valence-electron chi connectivity index (χ0n) is 14.6. The summed E-state index contributed by atoms with van der Waals surface area (Å²) in [5, 5.41) is 3.46. The summed E-state index contributed by atoms with van der Waals surface area (Å²) in [4.78, 5) is 26.9. The van der Waals surface area contributed by atoms with Crippen LogP contribution in [-0.2, 0) is 9.59 Å². The predicted molar refractivity (Wildman–Crippen MR) is 96.9 cm³/mol. The Morgan fingerprint density at radius 1 is 1.32 bits per heavy atom. The van der Waals surface area contributed by atoms with E-state index in [2.05, 4.69) is 5.32 Å². The summed E-state index contributed by atoms with van der Waals surface area (Å²) >= 11 is 1.77. The second kappa shape index (κ2) is 7.77. The molecule has 2 amide bonds. The molecule has 0 bridgehead atoms. The van der Waals surface area contributed by atoms with Gasteiger partial charge in [0.25, 0.3) is 0 Å². The molecule has 2 aliphatic rings. The van der Waals surface area contributed by atoms with Crippen molar-refractivity contribution in [3.63, 3.8) is 0 Å². The smallest absolute Gasteiger partial charge is 0.222 e. The number of thioether (sulfide) groups is 1. The molecular weight excluding hydrogens is 339 g/mol. The summed E-state index contributed by atoms with van der Waals surface area (Å²) in [6.45, 7) is 3.58. The normalized spacial score (nSPS) is 24.4. The Balaban J connectivity index is 1.41. The molecule has 0 spiro atoms. The Hall–Kier alpha value is -1.56. The number of piperidine rings is 1. The lowest BCUT2D eigenvalue weighted by Gasteiger charge is -2.33. The van der Waals surface area contributed by atoms with Crippen molar-refractivity contribution in [2.45, 2.75) is 61.1 Å². The number of halogens is 1. The van der Waals surface area contributed by atoms with Crippen molar-refractivity contribution in [1.82, 2.24) is 10.2 Å². The predicted octanol–water partition coefficient (Wildman–Crippen LogP) is 3.36.